The molecule has 4 nitrogen and oxygen atoms in total. The second-order valence-electron chi connectivity index (χ2n) is 2.96. The molecule has 1 N–H and O–H groups in total. The van der Waals surface area contributed by atoms with Gasteiger partial charge >= 0.3 is 11.9 Å². The van der Waals surface area contributed by atoms with Gasteiger partial charge in [-0.25, -0.2) is 4.79 Å². The van der Waals surface area contributed by atoms with Crippen LogP contribution in [-0.2, 0) is 14.3 Å². The number of allylic oxidation sites excluding steroid dienone is 1. The average Bonchev–Trinajstić information content (AvgIpc) is 2.13. The summed E-state index contributed by atoms with van der Waals surface area (Å²) in [5.41, 5.74) is 0.539. The fraction of sp³-hybridized carbons (Fsp3) is 0.600. The highest BCUT2D eigenvalue weighted by molar-refractivity contribution is 5.87. The number of carbonyl (C=O) groups is 2. The van der Waals surface area contributed by atoms with Crippen molar-refractivity contribution in [3.05, 3.63) is 11.6 Å². The molecule has 0 bridgehead atoms. The standard InChI is InChI=1S/C10H16O4/c1-3-4-5-8(2)10(13)14-7-6-9(11)12/h5H,3-4,6-7H2,1-2H3,(H,11,12). The highest BCUT2D eigenvalue weighted by Gasteiger charge is 2.05. The first-order valence-electron chi connectivity index (χ1n) is 4.63. The van der Waals surface area contributed by atoms with E-state index >= 15 is 0 Å². The first kappa shape index (κ1) is 12.7. The van der Waals surface area contributed by atoms with Gasteiger partial charge in [-0.15, -0.1) is 0 Å². The van der Waals surface area contributed by atoms with Crippen LogP contribution < -0.4 is 0 Å². The Morgan fingerprint density at radius 2 is 2.07 bits per heavy atom. The normalized spacial score (nSPS) is 11.1. The number of hydrogen-bond donors (Lipinski definition) is 1. The van der Waals surface area contributed by atoms with Crippen LogP contribution in [0.1, 0.15) is 33.1 Å². The van der Waals surface area contributed by atoms with Gasteiger partial charge in [-0.3, -0.25) is 4.79 Å². The number of esters is 1. The van der Waals surface area contributed by atoms with Crippen molar-refractivity contribution in [2.45, 2.75) is 33.1 Å². The topological polar surface area (TPSA) is 63.6 Å². The van der Waals surface area contributed by atoms with Crippen molar-refractivity contribution in [3.8, 4) is 0 Å². The minimum absolute atomic E-state index is 0.0640. The summed E-state index contributed by atoms with van der Waals surface area (Å²) < 4.78 is 4.72. The molecule has 0 radical (unpaired) electrons. The van der Waals surface area contributed by atoms with Gasteiger partial charge in [-0.1, -0.05) is 19.4 Å². The lowest BCUT2D eigenvalue weighted by atomic mass is 10.2. The molecule has 0 rings (SSSR count). The SMILES string of the molecule is CCCC=C(C)C(=O)OCCC(=O)O. The first-order valence-corrected chi connectivity index (χ1v) is 4.63. The number of unbranched alkanes of at least 4 members (excludes halogenated alkanes) is 1. The largest absolute Gasteiger partial charge is 0.481 e. The predicted molar refractivity (Wildman–Crippen MR) is 51.9 cm³/mol. The monoisotopic (exact) mass is 200 g/mol. The van der Waals surface area contributed by atoms with E-state index in [4.69, 9.17) is 9.84 Å². The summed E-state index contributed by atoms with van der Waals surface area (Å²) in [6.07, 6.45) is 3.45. The molecule has 0 amide bonds. The Morgan fingerprint density at radius 3 is 2.57 bits per heavy atom. The van der Waals surface area contributed by atoms with Crippen LogP contribution in [0.3, 0.4) is 0 Å². The zero-order valence-electron chi connectivity index (χ0n) is 8.58. The lowest BCUT2D eigenvalue weighted by molar-refractivity contribution is -0.143. The van der Waals surface area contributed by atoms with Crippen molar-refractivity contribution < 1.29 is 19.4 Å². The number of hydrogen-bond acceptors (Lipinski definition) is 3. The van der Waals surface area contributed by atoms with Crippen LogP contribution in [0.5, 0.6) is 0 Å². The fourth-order valence-electron chi connectivity index (χ4n) is 0.789. The van der Waals surface area contributed by atoms with Crippen LogP contribution in [0.4, 0.5) is 0 Å². The number of carbonyl (C=O) groups excluding carboxylic acids is 1. The van der Waals surface area contributed by atoms with Crippen molar-refractivity contribution in [2.24, 2.45) is 0 Å². The molecule has 0 unspecified atom stereocenters. The van der Waals surface area contributed by atoms with E-state index in [2.05, 4.69) is 0 Å². The van der Waals surface area contributed by atoms with Gasteiger partial charge in [0.05, 0.1) is 6.42 Å². The predicted octanol–water partition coefficient (Wildman–Crippen LogP) is 1.75. The first-order chi connectivity index (χ1) is 6.57. The van der Waals surface area contributed by atoms with Crippen LogP contribution in [-0.4, -0.2) is 23.7 Å². The Balaban J connectivity index is 3.78. The third kappa shape index (κ3) is 6.22. The van der Waals surface area contributed by atoms with E-state index in [0.717, 1.165) is 12.8 Å². The Morgan fingerprint density at radius 1 is 1.43 bits per heavy atom. The van der Waals surface area contributed by atoms with E-state index in [9.17, 15) is 9.59 Å². The zero-order valence-corrected chi connectivity index (χ0v) is 8.58. The van der Waals surface area contributed by atoms with Gasteiger partial charge in [-0.05, 0) is 13.3 Å². The van der Waals surface area contributed by atoms with Crippen LogP contribution in [0.15, 0.2) is 11.6 Å². The Hall–Kier alpha value is -1.32. The van der Waals surface area contributed by atoms with E-state index < -0.39 is 11.9 Å². The second kappa shape index (κ2) is 7.12. The number of aliphatic carboxylic acids is 1. The van der Waals surface area contributed by atoms with Gasteiger partial charge in [-0.2, -0.15) is 0 Å². The van der Waals surface area contributed by atoms with Crippen LogP contribution >= 0.6 is 0 Å². The summed E-state index contributed by atoms with van der Waals surface area (Å²) in [5, 5.41) is 8.30. The molecular formula is C10H16O4. The van der Waals surface area contributed by atoms with Crippen molar-refractivity contribution in [1.29, 1.82) is 0 Å². The van der Waals surface area contributed by atoms with Crippen molar-refractivity contribution in [2.75, 3.05) is 6.61 Å². The molecule has 0 aromatic heterocycles. The lowest BCUT2D eigenvalue weighted by Crippen LogP contribution is -2.10. The molecule has 0 aliphatic heterocycles. The smallest absolute Gasteiger partial charge is 0.333 e. The fourth-order valence-corrected chi connectivity index (χ4v) is 0.789. The summed E-state index contributed by atoms with van der Waals surface area (Å²) >= 11 is 0. The summed E-state index contributed by atoms with van der Waals surface area (Å²) in [4.78, 5) is 21.3. The van der Waals surface area contributed by atoms with E-state index in [1.165, 1.54) is 0 Å². The van der Waals surface area contributed by atoms with Crippen molar-refractivity contribution >= 4 is 11.9 Å². The lowest BCUT2D eigenvalue weighted by Gasteiger charge is -2.02. The Kier molecular flexibility index (Phi) is 6.45. The third-order valence-corrected chi connectivity index (χ3v) is 1.61. The number of ether oxygens (including phenoxy) is 1. The molecule has 0 spiro atoms. The van der Waals surface area contributed by atoms with Crippen LogP contribution in [0, 0.1) is 0 Å². The maximum Gasteiger partial charge on any atom is 0.333 e. The van der Waals surface area contributed by atoms with E-state index in [0.29, 0.717) is 5.57 Å². The molecule has 14 heavy (non-hydrogen) atoms. The minimum Gasteiger partial charge on any atom is -0.481 e. The quantitative estimate of drug-likeness (QED) is 0.524. The molecule has 0 aliphatic rings. The molecule has 0 fully saturated rings. The molecule has 0 saturated carbocycles. The molecule has 0 atom stereocenters. The summed E-state index contributed by atoms with van der Waals surface area (Å²) in [7, 11) is 0. The number of carboxylic acids is 1. The second-order valence-corrected chi connectivity index (χ2v) is 2.96. The van der Waals surface area contributed by atoms with Gasteiger partial charge < -0.3 is 9.84 Å². The van der Waals surface area contributed by atoms with Gasteiger partial charge in [0.25, 0.3) is 0 Å². The molecule has 0 aliphatic carbocycles. The van der Waals surface area contributed by atoms with Crippen LogP contribution in [0.2, 0.25) is 0 Å². The van der Waals surface area contributed by atoms with Crippen molar-refractivity contribution in [1.82, 2.24) is 0 Å². The third-order valence-electron chi connectivity index (χ3n) is 1.61. The minimum atomic E-state index is -0.965. The molecule has 0 heterocycles. The highest BCUT2D eigenvalue weighted by Crippen LogP contribution is 2.01. The summed E-state index contributed by atoms with van der Waals surface area (Å²) in [6, 6.07) is 0. The number of rotatable bonds is 6. The number of carboxylic acid groups (broad SMARTS) is 1. The van der Waals surface area contributed by atoms with Gasteiger partial charge in [0.15, 0.2) is 0 Å². The molecule has 0 aromatic carbocycles. The van der Waals surface area contributed by atoms with E-state index in [-0.39, 0.29) is 13.0 Å². The molecule has 0 saturated heterocycles. The molecule has 0 aromatic rings. The maximum absolute atomic E-state index is 11.1. The van der Waals surface area contributed by atoms with Crippen molar-refractivity contribution in [3.63, 3.8) is 0 Å². The van der Waals surface area contributed by atoms with E-state index in [1.807, 2.05) is 6.92 Å². The van der Waals surface area contributed by atoms with Gasteiger partial charge in [0.2, 0.25) is 0 Å². The van der Waals surface area contributed by atoms with Crippen LogP contribution in [0.25, 0.3) is 0 Å². The Bertz CT molecular complexity index is 230. The molecule has 80 valence electrons. The van der Waals surface area contributed by atoms with E-state index in [1.54, 1.807) is 13.0 Å². The molecular weight excluding hydrogens is 184 g/mol. The zero-order chi connectivity index (χ0) is 11.0. The Labute approximate surface area is 83.6 Å². The van der Waals surface area contributed by atoms with Gasteiger partial charge in [0, 0.05) is 5.57 Å². The summed E-state index contributed by atoms with van der Waals surface area (Å²) in [6.45, 7) is 3.61. The highest BCUT2D eigenvalue weighted by atomic mass is 16.5. The van der Waals surface area contributed by atoms with Gasteiger partial charge in [0.1, 0.15) is 6.61 Å². The average molecular weight is 200 g/mol. The maximum atomic E-state index is 11.1. The summed E-state index contributed by atoms with van der Waals surface area (Å²) in [5.74, 6) is -1.40. The molecule has 4 heteroatoms.